The minimum Gasteiger partial charge on any atom is -0.444 e. The Balaban J connectivity index is 1.92. The summed E-state index contributed by atoms with van der Waals surface area (Å²) >= 11 is 0. The van der Waals surface area contributed by atoms with E-state index in [9.17, 15) is 9.59 Å². The number of rotatable bonds is 3. The van der Waals surface area contributed by atoms with Gasteiger partial charge in [0.25, 0.3) is 5.91 Å². The van der Waals surface area contributed by atoms with Crippen LogP contribution < -0.4 is 10.2 Å². The van der Waals surface area contributed by atoms with Gasteiger partial charge >= 0.3 is 6.09 Å². The number of nitrogens with one attached hydrogen (secondary N) is 1. The van der Waals surface area contributed by atoms with E-state index >= 15 is 0 Å². The van der Waals surface area contributed by atoms with Crippen LogP contribution in [0.1, 0.15) is 69.1 Å². The number of pyridine rings is 1. The summed E-state index contributed by atoms with van der Waals surface area (Å²) in [6.45, 7) is 11.6. The van der Waals surface area contributed by atoms with Crippen molar-refractivity contribution in [2.45, 2.75) is 71.7 Å². The van der Waals surface area contributed by atoms with Crippen LogP contribution in [0, 0.1) is 0 Å². The standard InChI is InChI=1S/C20H30N4O3/c1-19(2,3)27-18(26)23(6)12-15-14-11-21-17(25)13(14)10-16(22-15)24-9-7-8-20(24,4)5/h10H,7-9,11-12H2,1-6H3,(H,21,25). The second-order valence-electron chi connectivity index (χ2n) is 9.04. The van der Waals surface area contributed by atoms with E-state index in [1.54, 1.807) is 7.05 Å². The molecule has 0 saturated carbocycles. The van der Waals surface area contributed by atoms with Gasteiger partial charge in [0, 0.05) is 36.8 Å². The highest BCUT2D eigenvalue weighted by atomic mass is 16.6. The summed E-state index contributed by atoms with van der Waals surface area (Å²) in [6, 6.07) is 1.89. The fourth-order valence-corrected chi connectivity index (χ4v) is 3.70. The number of amides is 2. The third-order valence-corrected chi connectivity index (χ3v) is 5.14. The Morgan fingerprint density at radius 3 is 2.70 bits per heavy atom. The molecule has 1 saturated heterocycles. The molecule has 0 aliphatic carbocycles. The summed E-state index contributed by atoms with van der Waals surface area (Å²) in [5, 5.41) is 2.87. The summed E-state index contributed by atoms with van der Waals surface area (Å²) in [5.74, 6) is 0.729. The van der Waals surface area contributed by atoms with E-state index in [0.29, 0.717) is 18.7 Å². The smallest absolute Gasteiger partial charge is 0.410 e. The SMILES string of the molecule is CN(Cc1nc(N2CCCC2(C)C)cc2c1CNC2=O)C(=O)OC(C)(C)C. The zero-order valence-electron chi connectivity index (χ0n) is 17.2. The fraction of sp³-hybridized carbons (Fsp3) is 0.650. The highest BCUT2D eigenvalue weighted by Crippen LogP contribution is 2.34. The van der Waals surface area contributed by atoms with E-state index in [2.05, 4.69) is 24.1 Å². The molecule has 0 unspecified atom stereocenters. The Morgan fingerprint density at radius 1 is 1.41 bits per heavy atom. The molecule has 0 atom stereocenters. The molecule has 148 valence electrons. The Morgan fingerprint density at radius 2 is 2.11 bits per heavy atom. The first kappa shape index (κ1) is 19.5. The van der Waals surface area contributed by atoms with Crippen LogP contribution in [-0.2, 0) is 17.8 Å². The minimum absolute atomic E-state index is 0.00462. The molecule has 0 bridgehead atoms. The van der Waals surface area contributed by atoms with E-state index in [0.717, 1.165) is 36.5 Å². The van der Waals surface area contributed by atoms with Gasteiger partial charge < -0.3 is 19.9 Å². The molecule has 2 aliphatic rings. The van der Waals surface area contributed by atoms with Crippen LogP contribution in [0.2, 0.25) is 0 Å². The van der Waals surface area contributed by atoms with Gasteiger partial charge in [-0.15, -0.1) is 0 Å². The number of ether oxygens (including phenoxy) is 1. The Hall–Kier alpha value is -2.31. The molecular weight excluding hydrogens is 344 g/mol. The lowest BCUT2D eigenvalue weighted by Gasteiger charge is -2.33. The maximum atomic E-state index is 12.4. The molecule has 7 nitrogen and oxygen atoms in total. The second kappa shape index (κ2) is 6.69. The van der Waals surface area contributed by atoms with Crippen molar-refractivity contribution in [3.05, 3.63) is 22.9 Å². The van der Waals surface area contributed by atoms with Crippen molar-refractivity contribution in [3.8, 4) is 0 Å². The van der Waals surface area contributed by atoms with E-state index < -0.39 is 11.7 Å². The summed E-state index contributed by atoms with van der Waals surface area (Å²) in [5.41, 5.74) is 1.73. The molecule has 1 N–H and O–H groups in total. The molecule has 3 heterocycles. The van der Waals surface area contributed by atoms with Crippen molar-refractivity contribution >= 4 is 17.8 Å². The lowest BCUT2D eigenvalue weighted by molar-refractivity contribution is 0.0282. The zero-order valence-corrected chi connectivity index (χ0v) is 17.2. The van der Waals surface area contributed by atoms with E-state index in [4.69, 9.17) is 9.72 Å². The topological polar surface area (TPSA) is 74.8 Å². The van der Waals surface area contributed by atoms with Gasteiger partial charge in [-0.1, -0.05) is 0 Å². The largest absolute Gasteiger partial charge is 0.444 e. The molecule has 0 spiro atoms. The fourth-order valence-electron chi connectivity index (χ4n) is 3.70. The van der Waals surface area contributed by atoms with Gasteiger partial charge in [-0.2, -0.15) is 0 Å². The predicted molar refractivity (Wildman–Crippen MR) is 104 cm³/mol. The van der Waals surface area contributed by atoms with Gasteiger partial charge in [-0.25, -0.2) is 9.78 Å². The number of carbonyl (C=O) groups excluding carboxylic acids is 2. The maximum absolute atomic E-state index is 12.4. The summed E-state index contributed by atoms with van der Waals surface area (Å²) in [6.07, 6.45) is 1.79. The molecule has 1 aromatic rings. The number of hydrogen-bond donors (Lipinski definition) is 1. The Kier molecular flexibility index (Phi) is 4.82. The Bertz CT molecular complexity index is 767. The van der Waals surface area contributed by atoms with Gasteiger partial charge in [0.05, 0.1) is 12.2 Å². The van der Waals surface area contributed by atoms with Crippen LogP contribution >= 0.6 is 0 Å². The third-order valence-electron chi connectivity index (χ3n) is 5.14. The van der Waals surface area contributed by atoms with Crippen molar-refractivity contribution in [2.75, 3.05) is 18.5 Å². The summed E-state index contributed by atoms with van der Waals surface area (Å²) in [7, 11) is 1.69. The van der Waals surface area contributed by atoms with Crippen LogP contribution in [0.5, 0.6) is 0 Å². The monoisotopic (exact) mass is 374 g/mol. The first-order valence-electron chi connectivity index (χ1n) is 9.51. The quantitative estimate of drug-likeness (QED) is 0.880. The average molecular weight is 374 g/mol. The van der Waals surface area contributed by atoms with Crippen LogP contribution in [-0.4, -0.2) is 46.6 Å². The number of fused-ring (bicyclic) bond motifs is 1. The van der Waals surface area contributed by atoms with Crippen molar-refractivity contribution in [1.29, 1.82) is 0 Å². The van der Waals surface area contributed by atoms with Crippen LogP contribution in [0.25, 0.3) is 0 Å². The number of carbonyl (C=O) groups is 2. The Labute approximate surface area is 161 Å². The normalized spacial score (nSPS) is 18.3. The van der Waals surface area contributed by atoms with Crippen LogP contribution in [0.3, 0.4) is 0 Å². The predicted octanol–water partition coefficient (Wildman–Crippen LogP) is 3.07. The molecule has 1 fully saturated rings. The highest BCUT2D eigenvalue weighted by Gasteiger charge is 2.35. The zero-order chi connectivity index (χ0) is 20.0. The van der Waals surface area contributed by atoms with Gasteiger partial charge in [0.2, 0.25) is 0 Å². The molecule has 2 amide bonds. The second-order valence-corrected chi connectivity index (χ2v) is 9.04. The molecule has 27 heavy (non-hydrogen) atoms. The number of aromatic nitrogens is 1. The van der Waals surface area contributed by atoms with Crippen molar-refractivity contribution in [2.24, 2.45) is 0 Å². The lowest BCUT2D eigenvalue weighted by Crippen LogP contribution is -2.39. The van der Waals surface area contributed by atoms with E-state index in [1.165, 1.54) is 4.90 Å². The molecule has 1 aromatic heterocycles. The van der Waals surface area contributed by atoms with Gasteiger partial charge in [-0.05, 0) is 53.5 Å². The number of nitrogens with zero attached hydrogens (tertiary/aromatic N) is 3. The van der Waals surface area contributed by atoms with E-state index in [1.807, 2.05) is 26.8 Å². The lowest BCUT2D eigenvalue weighted by atomic mass is 10.0. The summed E-state index contributed by atoms with van der Waals surface area (Å²) < 4.78 is 5.44. The summed E-state index contributed by atoms with van der Waals surface area (Å²) in [4.78, 5) is 33.3. The third kappa shape index (κ3) is 4.01. The molecule has 2 aliphatic heterocycles. The van der Waals surface area contributed by atoms with Crippen LogP contribution in [0.15, 0.2) is 6.07 Å². The molecule has 3 rings (SSSR count). The number of anilines is 1. The van der Waals surface area contributed by atoms with E-state index in [-0.39, 0.29) is 11.4 Å². The first-order chi connectivity index (χ1) is 12.5. The van der Waals surface area contributed by atoms with Crippen molar-refractivity contribution < 1.29 is 14.3 Å². The van der Waals surface area contributed by atoms with Crippen molar-refractivity contribution in [3.63, 3.8) is 0 Å². The highest BCUT2D eigenvalue weighted by molar-refractivity contribution is 5.99. The van der Waals surface area contributed by atoms with Gasteiger partial charge in [0.15, 0.2) is 0 Å². The van der Waals surface area contributed by atoms with Crippen LogP contribution in [0.4, 0.5) is 10.6 Å². The minimum atomic E-state index is -0.556. The number of hydrogen-bond acceptors (Lipinski definition) is 5. The van der Waals surface area contributed by atoms with Crippen molar-refractivity contribution in [1.82, 2.24) is 15.2 Å². The molecule has 0 aromatic carbocycles. The first-order valence-corrected chi connectivity index (χ1v) is 9.51. The molecule has 7 heteroatoms. The molecular formula is C20H30N4O3. The van der Waals surface area contributed by atoms with Gasteiger partial charge in [0.1, 0.15) is 11.4 Å². The maximum Gasteiger partial charge on any atom is 0.410 e. The molecule has 0 radical (unpaired) electrons. The van der Waals surface area contributed by atoms with Gasteiger partial charge in [-0.3, -0.25) is 4.79 Å². The average Bonchev–Trinajstić information content (AvgIpc) is 3.08.